The van der Waals surface area contributed by atoms with Gasteiger partial charge in [0.2, 0.25) is 9.04 Å². The van der Waals surface area contributed by atoms with Gasteiger partial charge in [0.25, 0.3) is 0 Å². The zero-order valence-corrected chi connectivity index (χ0v) is 25.1. The number of hydrogen-bond acceptors (Lipinski definition) is 5. The lowest BCUT2D eigenvalue weighted by Crippen LogP contribution is -2.45. The highest BCUT2D eigenvalue weighted by atomic mass is 28.3. The standard InChI is InChI=1S/C31H46N2O3Si/c1-21-10-8-9-11-24(21)25-16-17-33(20-26(25)30(34)35-5)19-22-12-13-23-14-15-28(36-37(6)7)32-29(23)27(18-22)31(2,3)4/h8-11,14-15,22,25-27,37H,12-13,16-20H2,1-7H3/t22-,25-,26+,27-/m1/s1. The van der Waals surface area contributed by atoms with Crippen LogP contribution in [0.2, 0.25) is 13.1 Å². The molecule has 1 aliphatic heterocycles. The molecular formula is C31H46N2O3Si. The van der Waals surface area contributed by atoms with Gasteiger partial charge in [-0.1, -0.05) is 51.1 Å². The molecular weight excluding hydrogens is 476 g/mol. The van der Waals surface area contributed by atoms with Crippen LogP contribution >= 0.6 is 0 Å². The average molecular weight is 523 g/mol. The van der Waals surface area contributed by atoms with E-state index in [-0.39, 0.29) is 23.2 Å². The summed E-state index contributed by atoms with van der Waals surface area (Å²) >= 11 is 0. The molecule has 0 N–H and O–H groups in total. The molecule has 0 spiro atoms. The zero-order chi connectivity index (χ0) is 26.7. The van der Waals surface area contributed by atoms with Gasteiger partial charge in [0.05, 0.1) is 18.7 Å². The smallest absolute Gasteiger partial charge is 0.310 e. The maximum atomic E-state index is 12.9. The number of rotatable bonds is 6. The van der Waals surface area contributed by atoms with Crippen LogP contribution in [0.25, 0.3) is 0 Å². The third-order valence-electron chi connectivity index (χ3n) is 8.41. The Balaban J connectivity index is 1.52. The van der Waals surface area contributed by atoms with E-state index in [4.69, 9.17) is 14.1 Å². The second-order valence-corrected chi connectivity index (χ2v) is 14.9. The lowest BCUT2D eigenvalue weighted by Gasteiger charge is -2.40. The Labute approximate surface area is 225 Å². The molecule has 0 saturated carbocycles. The van der Waals surface area contributed by atoms with E-state index in [1.807, 2.05) is 0 Å². The number of pyridine rings is 1. The molecule has 202 valence electrons. The molecule has 0 bridgehead atoms. The summed E-state index contributed by atoms with van der Waals surface area (Å²) in [6.45, 7) is 16.4. The molecule has 0 radical (unpaired) electrons. The van der Waals surface area contributed by atoms with E-state index in [1.54, 1.807) is 0 Å². The summed E-state index contributed by atoms with van der Waals surface area (Å²) in [6.07, 6.45) is 4.31. The van der Waals surface area contributed by atoms with Gasteiger partial charge in [-0.2, -0.15) is 0 Å². The topological polar surface area (TPSA) is 51.7 Å². The third-order valence-corrected chi connectivity index (χ3v) is 9.13. The maximum Gasteiger partial charge on any atom is 0.310 e. The number of methoxy groups -OCH3 is 1. The van der Waals surface area contributed by atoms with E-state index in [0.717, 1.165) is 51.2 Å². The number of carbonyl (C=O) groups excluding carboxylic acids is 1. The highest BCUT2D eigenvalue weighted by molar-refractivity contribution is 6.49. The summed E-state index contributed by atoms with van der Waals surface area (Å²) in [5.41, 5.74) is 5.30. The molecule has 1 aromatic heterocycles. The molecule has 6 heteroatoms. The Morgan fingerprint density at radius 1 is 1.14 bits per heavy atom. The summed E-state index contributed by atoms with van der Waals surface area (Å²) in [5.74, 6) is 1.76. The number of aryl methyl sites for hydroxylation is 2. The predicted molar refractivity (Wildman–Crippen MR) is 153 cm³/mol. The first kappa shape index (κ1) is 27.8. The fourth-order valence-electron chi connectivity index (χ4n) is 6.47. The summed E-state index contributed by atoms with van der Waals surface area (Å²) in [5, 5.41) is 0. The molecule has 2 aliphatic rings. The molecule has 4 rings (SSSR count). The summed E-state index contributed by atoms with van der Waals surface area (Å²) in [4.78, 5) is 20.5. The van der Waals surface area contributed by atoms with E-state index >= 15 is 0 Å². The minimum absolute atomic E-state index is 0.0794. The first-order valence-electron chi connectivity index (χ1n) is 14.1. The Hall–Kier alpha value is -2.18. The van der Waals surface area contributed by atoms with E-state index in [1.165, 1.54) is 29.5 Å². The number of benzene rings is 1. The van der Waals surface area contributed by atoms with Crippen molar-refractivity contribution in [1.29, 1.82) is 0 Å². The number of aromatic nitrogens is 1. The van der Waals surface area contributed by atoms with E-state index < -0.39 is 9.04 Å². The SMILES string of the molecule is COC(=O)[C@H]1CN(C[C@@H]2CCc3ccc(O[SiH](C)C)nc3[C@H](C(C)(C)C)C2)CC[C@@H]1c1ccccc1C. The van der Waals surface area contributed by atoms with E-state index in [0.29, 0.717) is 11.8 Å². The molecule has 37 heavy (non-hydrogen) atoms. The van der Waals surface area contributed by atoms with Crippen molar-refractivity contribution in [1.82, 2.24) is 9.88 Å². The number of esters is 1. The van der Waals surface area contributed by atoms with Gasteiger partial charge in [-0.3, -0.25) is 4.79 Å². The number of piperidine rings is 1. The van der Waals surface area contributed by atoms with Crippen LogP contribution in [0.1, 0.15) is 74.3 Å². The first-order valence-corrected chi connectivity index (χ1v) is 16.9. The molecule has 0 unspecified atom stereocenters. The van der Waals surface area contributed by atoms with Crippen molar-refractivity contribution in [3.63, 3.8) is 0 Å². The summed E-state index contributed by atoms with van der Waals surface area (Å²) in [7, 11) is 0.324. The highest BCUT2D eigenvalue weighted by Crippen LogP contribution is 2.45. The summed E-state index contributed by atoms with van der Waals surface area (Å²) in [6, 6.07) is 12.8. The van der Waals surface area contributed by atoms with Crippen LogP contribution in [0.4, 0.5) is 0 Å². The van der Waals surface area contributed by atoms with Crippen molar-refractivity contribution in [2.24, 2.45) is 17.3 Å². The van der Waals surface area contributed by atoms with E-state index in [2.05, 4.69) is 82.1 Å². The lowest BCUT2D eigenvalue weighted by molar-refractivity contribution is -0.148. The molecule has 1 aliphatic carbocycles. The number of fused-ring (bicyclic) bond motifs is 1. The Morgan fingerprint density at radius 2 is 1.89 bits per heavy atom. The molecule has 1 aromatic carbocycles. The van der Waals surface area contributed by atoms with Crippen LogP contribution in [-0.2, 0) is 16.0 Å². The second kappa shape index (κ2) is 11.7. The largest absolute Gasteiger partial charge is 0.534 e. The van der Waals surface area contributed by atoms with Gasteiger partial charge in [0.1, 0.15) is 0 Å². The number of nitrogens with zero attached hydrogens (tertiary/aromatic N) is 2. The molecule has 4 atom stereocenters. The summed E-state index contributed by atoms with van der Waals surface area (Å²) < 4.78 is 11.4. The minimum atomic E-state index is -1.20. The van der Waals surface area contributed by atoms with Gasteiger partial charge < -0.3 is 14.1 Å². The van der Waals surface area contributed by atoms with Gasteiger partial charge >= 0.3 is 5.97 Å². The van der Waals surface area contributed by atoms with Crippen molar-refractivity contribution >= 4 is 15.0 Å². The Kier molecular flexibility index (Phi) is 8.80. The molecule has 2 aromatic rings. The second-order valence-electron chi connectivity index (χ2n) is 12.6. The van der Waals surface area contributed by atoms with Gasteiger partial charge in [-0.25, -0.2) is 4.98 Å². The van der Waals surface area contributed by atoms with Crippen LogP contribution in [0.5, 0.6) is 5.88 Å². The quantitative estimate of drug-likeness (QED) is 0.260. The van der Waals surface area contributed by atoms with Crippen LogP contribution < -0.4 is 4.43 Å². The van der Waals surface area contributed by atoms with Gasteiger partial charge in [0.15, 0.2) is 5.88 Å². The van der Waals surface area contributed by atoms with Crippen molar-refractivity contribution in [3.8, 4) is 5.88 Å². The molecule has 5 nitrogen and oxygen atoms in total. The number of ether oxygens (including phenoxy) is 1. The lowest BCUT2D eigenvalue weighted by atomic mass is 9.73. The maximum absolute atomic E-state index is 12.9. The molecule has 1 saturated heterocycles. The van der Waals surface area contributed by atoms with Crippen LogP contribution in [0.3, 0.4) is 0 Å². The average Bonchev–Trinajstić information content (AvgIpc) is 3.03. The fourth-order valence-corrected chi connectivity index (χ4v) is 7.09. The third kappa shape index (κ3) is 6.64. The first-order chi connectivity index (χ1) is 17.6. The minimum Gasteiger partial charge on any atom is -0.534 e. The predicted octanol–water partition coefficient (Wildman–Crippen LogP) is 6.11. The number of likely N-dealkylation sites (tertiary alicyclic amines) is 1. The van der Waals surface area contributed by atoms with Crippen LogP contribution in [0.15, 0.2) is 36.4 Å². The zero-order valence-electron chi connectivity index (χ0n) is 23.9. The Morgan fingerprint density at radius 3 is 2.57 bits per heavy atom. The van der Waals surface area contributed by atoms with Crippen LogP contribution in [-0.4, -0.2) is 51.6 Å². The fraction of sp³-hybridized carbons (Fsp3) is 0.613. The van der Waals surface area contributed by atoms with Crippen molar-refractivity contribution < 1.29 is 14.0 Å². The van der Waals surface area contributed by atoms with Crippen molar-refractivity contribution in [3.05, 3.63) is 58.8 Å². The number of carbonyl (C=O) groups is 1. The molecule has 2 heterocycles. The highest BCUT2D eigenvalue weighted by Gasteiger charge is 2.39. The van der Waals surface area contributed by atoms with Gasteiger partial charge in [-0.15, -0.1) is 0 Å². The normalized spacial score (nSPS) is 24.9. The van der Waals surface area contributed by atoms with Crippen molar-refractivity contribution in [2.75, 3.05) is 26.7 Å². The van der Waals surface area contributed by atoms with Gasteiger partial charge in [-0.05, 0) is 92.3 Å². The Bertz CT molecular complexity index is 1080. The van der Waals surface area contributed by atoms with E-state index in [9.17, 15) is 4.79 Å². The monoisotopic (exact) mass is 522 g/mol. The molecule has 0 amide bonds. The van der Waals surface area contributed by atoms with Crippen molar-refractivity contribution in [2.45, 2.75) is 78.3 Å². The molecule has 1 fully saturated rings. The van der Waals surface area contributed by atoms with Crippen LogP contribution in [0, 0.1) is 24.2 Å². The van der Waals surface area contributed by atoms with Gasteiger partial charge in [0, 0.05) is 19.0 Å². The number of hydrogen-bond donors (Lipinski definition) is 0.